The number of pyridine rings is 1. The Bertz CT molecular complexity index is 1840. The maximum absolute atomic E-state index is 13.2. The molecule has 0 saturated carbocycles. The number of aromatic nitrogens is 3. The number of hydrogen-bond donors (Lipinski definition) is 4. The highest BCUT2D eigenvalue weighted by Crippen LogP contribution is 2.33. The molecule has 2 aromatic heterocycles. The Balaban J connectivity index is 1.13. The van der Waals surface area contributed by atoms with E-state index in [1.54, 1.807) is 7.11 Å². The maximum Gasteiger partial charge on any atom is 0.407 e. The van der Waals surface area contributed by atoms with Crippen LogP contribution in [0.25, 0.3) is 22.2 Å². The number of ether oxygens (including phenoxy) is 2. The van der Waals surface area contributed by atoms with Crippen molar-refractivity contribution in [2.45, 2.75) is 78.3 Å². The van der Waals surface area contributed by atoms with Gasteiger partial charge in [-0.2, -0.15) is 5.10 Å². The molecule has 2 aliphatic rings. The third-order valence-corrected chi connectivity index (χ3v) is 9.92. The zero-order valence-electron chi connectivity index (χ0n) is 30.1. The van der Waals surface area contributed by atoms with E-state index in [2.05, 4.69) is 64.1 Å². The molecule has 13 heteroatoms. The molecule has 4 N–H and O–H groups in total. The van der Waals surface area contributed by atoms with Crippen LogP contribution in [0.1, 0.15) is 56.0 Å². The van der Waals surface area contributed by atoms with Crippen LogP contribution in [0.2, 0.25) is 0 Å². The quantitative estimate of drug-likeness (QED) is 0.151. The molecule has 4 aromatic rings. The summed E-state index contributed by atoms with van der Waals surface area (Å²) in [6.07, 6.45) is 3.56. The number of fused-ring (bicyclic) bond motifs is 1. The van der Waals surface area contributed by atoms with Crippen LogP contribution in [0.5, 0.6) is 5.75 Å². The Morgan fingerprint density at radius 2 is 1.84 bits per heavy atom. The van der Waals surface area contributed by atoms with E-state index >= 15 is 0 Å². The molecule has 1 atom stereocenters. The highest BCUT2D eigenvalue weighted by Gasteiger charge is 2.27. The molecule has 0 bridgehead atoms. The number of rotatable bonds is 12. The summed E-state index contributed by atoms with van der Waals surface area (Å²) in [6.45, 7) is 11.5. The average Bonchev–Trinajstić information content (AvgIpc) is 3.56. The predicted molar refractivity (Wildman–Crippen MR) is 197 cm³/mol. The zero-order chi connectivity index (χ0) is 35.9. The molecule has 2 aliphatic heterocycles. The molecule has 2 fully saturated rings. The standard InChI is InChI=1S/C38H50N8O5/c1-5-33-31(35(42-29-12-16-51-17-13-29)32-22-41-46(6-2)36(32)43-33)21-40-37(47)39-20-26-10-11-34(50-4)30(19-26)28-9-7-8-27(18-28)24-44-14-15-45(38(48)49)25(3)23-44/h7-11,18-19,22,25,29H,5-6,12-17,20-21,23-24H2,1-4H3,(H,42,43)(H,48,49)(H2,39,40,47)/t25-/m1/s1. The summed E-state index contributed by atoms with van der Waals surface area (Å²) in [6, 6.07) is 14.2. The fourth-order valence-electron chi connectivity index (χ4n) is 7.16. The molecule has 0 spiro atoms. The lowest BCUT2D eigenvalue weighted by atomic mass is 9.99. The number of benzene rings is 2. The molecule has 0 radical (unpaired) electrons. The van der Waals surface area contributed by atoms with Crippen molar-refractivity contribution in [3.05, 3.63) is 71.0 Å². The number of methoxy groups -OCH3 is 1. The predicted octanol–water partition coefficient (Wildman–Crippen LogP) is 5.46. The zero-order valence-corrected chi connectivity index (χ0v) is 30.1. The molecule has 4 heterocycles. The number of carbonyl (C=O) groups excluding carboxylic acids is 1. The summed E-state index contributed by atoms with van der Waals surface area (Å²) in [7, 11) is 1.66. The number of carbonyl (C=O) groups is 2. The van der Waals surface area contributed by atoms with Crippen molar-refractivity contribution in [1.29, 1.82) is 0 Å². The second-order valence-corrected chi connectivity index (χ2v) is 13.3. The highest BCUT2D eigenvalue weighted by molar-refractivity contribution is 5.92. The van der Waals surface area contributed by atoms with Crippen LogP contribution in [0.15, 0.2) is 48.7 Å². The molecule has 272 valence electrons. The van der Waals surface area contributed by atoms with Gasteiger partial charge in [0, 0.05) is 87.9 Å². The van der Waals surface area contributed by atoms with Crippen molar-refractivity contribution in [1.82, 2.24) is 35.2 Å². The topological polar surface area (TPSA) is 146 Å². The third-order valence-electron chi connectivity index (χ3n) is 9.92. The number of urea groups is 1. The SMILES string of the molecule is CCc1nc2c(cnn2CC)c(NC2CCOCC2)c1CNC(=O)NCc1ccc(OC)c(-c2cccc(CN3CCN(C(=O)O)[C@H](C)C3)c2)c1. The second-order valence-electron chi connectivity index (χ2n) is 13.3. The van der Waals surface area contributed by atoms with E-state index < -0.39 is 6.09 Å². The van der Waals surface area contributed by atoms with Gasteiger partial charge in [-0.1, -0.05) is 31.2 Å². The number of aryl methyl sites for hydroxylation is 2. The summed E-state index contributed by atoms with van der Waals surface area (Å²) < 4.78 is 13.2. The Kier molecular flexibility index (Phi) is 11.6. The normalized spacial score (nSPS) is 17.0. The minimum Gasteiger partial charge on any atom is -0.496 e. The first-order valence-electron chi connectivity index (χ1n) is 18.0. The fraction of sp³-hybridized carbons (Fsp3) is 0.474. The second kappa shape index (κ2) is 16.4. The first kappa shape index (κ1) is 35.9. The third kappa shape index (κ3) is 8.37. The molecule has 51 heavy (non-hydrogen) atoms. The Hall–Kier alpha value is -4.88. The number of piperazine rings is 1. The fourth-order valence-corrected chi connectivity index (χ4v) is 7.16. The van der Waals surface area contributed by atoms with Crippen molar-refractivity contribution in [2.75, 3.05) is 45.3 Å². The Morgan fingerprint density at radius 1 is 1.04 bits per heavy atom. The number of amides is 3. The average molecular weight is 699 g/mol. The van der Waals surface area contributed by atoms with Crippen LogP contribution in [-0.4, -0.2) is 93.8 Å². The van der Waals surface area contributed by atoms with Crippen LogP contribution in [0.4, 0.5) is 15.3 Å². The monoisotopic (exact) mass is 698 g/mol. The van der Waals surface area contributed by atoms with E-state index in [-0.39, 0.29) is 18.1 Å². The van der Waals surface area contributed by atoms with Crippen LogP contribution < -0.4 is 20.7 Å². The lowest BCUT2D eigenvalue weighted by Crippen LogP contribution is -2.53. The molecule has 2 aromatic carbocycles. The van der Waals surface area contributed by atoms with Crippen molar-refractivity contribution in [3.8, 4) is 16.9 Å². The number of carboxylic acid groups (broad SMARTS) is 1. The molecule has 0 unspecified atom stereocenters. The smallest absolute Gasteiger partial charge is 0.407 e. The molecular weight excluding hydrogens is 648 g/mol. The van der Waals surface area contributed by atoms with Crippen LogP contribution >= 0.6 is 0 Å². The maximum atomic E-state index is 13.2. The van der Waals surface area contributed by atoms with Gasteiger partial charge in [-0.25, -0.2) is 19.3 Å². The molecule has 6 rings (SSSR count). The Morgan fingerprint density at radius 3 is 2.57 bits per heavy atom. The minimum absolute atomic E-state index is 0.0586. The summed E-state index contributed by atoms with van der Waals surface area (Å²) >= 11 is 0. The van der Waals surface area contributed by atoms with Crippen LogP contribution in [0.3, 0.4) is 0 Å². The van der Waals surface area contributed by atoms with E-state index in [1.165, 1.54) is 4.90 Å². The van der Waals surface area contributed by atoms with Gasteiger partial charge in [-0.05, 0) is 68.0 Å². The molecule has 2 saturated heterocycles. The van der Waals surface area contributed by atoms with Gasteiger partial charge < -0.3 is 35.4 Å². The molecular formula is C38H50N8O5. The molecule has 0 aliphatic carbocycles. The van der Waals surface area contributed by atoms with E-state index in [0.29, 0.717) is 32.7 Å². The number of anilines is 1. The van der Waals surface area contributed by atoms with Gasteiger partial charge in [0.25, 0.3) is 0 Å². The summed E-state index contributed by atoms with van der Waals surface area (Å²) in [5.74, 6) is 0.745. The number of hydrogen-bond acceptors (Lipinski definition) is 8. The summed E-state index contributed by atoms with van der Waals surface area (Å²) in [5.41, 5.74) is 7.79. The molecule has 13 nitrogen and oxygen atoms in total. The first-order valence-corrected chi connectivity index (χ1v) is 18.0. The van der Waals surface area contributed by atoms with Crippen molar-refractivity contribution >= 4 is 28.8 Å². The number of nitrogens with one attached hydrogen (secondary N) is 3. The van der Waals surface area contributed by atoms with Gasteiger partial charge in [0.05, 0.1) is 24.4 Å². The highest BCUT2D eigenvalue weighted by atomic mass is 16.5. The van der Waals surface area contributed by atoms with Gasteiger partial charge in [0.15, 0.2) is 5.65 Å². The van der Waals surface area contributed by atoms with Gasteiger partial charge in [-0.15, -0.1) is 0 Å². The van der Waals surface area contributed by atoms with E-state index in [4.69, 9.17) is 14.5 Å². The van der Waals surface area contributed by atoms with Crippen molar-refractivity contribution in [2.24, 2.45) is 0 Å². The number of nitrogens with zero attached hydrogens (tertiary/aromatic N) is 5. The minimum atomic E-state index is -0.864. The van der Waals surface area contributed by atoms with Gasteiger partial charge in [0.1, 0.15) is 5.75 Å². The van der Waals surface area contributed by atoms with Gasteiger partial charge >= 0.3 is 12.1 Å². The van der Waals surface area contributed by atoms with E-state index in [1.807, 2.05) is 36.0 Å². The lowest BCUT2D eigenvalue weighted by molar-refractivity contribution is 0.0711. The van der Waals surface area contributed by atoms with E-state index in [9.17, 15) is 14.7 Å². The lowest BCUT2D eigenvalue weighted by Gasteiger charge is -2.38. The van der Waals surface area contributed by atoms with Crippen LogP contribution in [0, 0.1) is 0 Å². The summed E-state index contributed by atoms with van der Waals surface area (Å²) in [4.78, 5) is 33.5. The van der Waals surface area contributed by atoms with Crippen molar-refractivity contribution < 1.29 is 24.2 Å². The molecule has 3 amide bonds. The van der Waals surface area contributed by atoms with Gasteiger partial charge in [-0.3, -0.25) is 4.90 Å². The first-order chi connectivity index (χ1) is 24.8. The Labute approximate surface area is 299 Å². The largest absolute Gasteiger partial charge is 0.496 e. The summed E-state index contributed by atoms with van der Waals surface area (Å²) in [5, 5.41) is 24.9. The van der Waals surface area contributed by atoms with E-state index in [0.717, 1.165) is 102 Å². The van der Waals surface area contributed by atoms with Gasteiger partial charge in [0.2, 0.25) is 0 Å². The van der Waals surface area contributed by atoms with Crippen LogP contribution in [-0.2, 0) is 37.3 Å². The van der Waals surface area contributed by atoms with Crippen molar-refractivity contribution in [3.63, 3.8) is 0 Å².